The minimum Gasteiger partial charge on any atom is -0.465 e. The van der Waals surface area contributed by atoms with Gasteiger partial charge in [-0.2, -0.15) is 0 Å². The molecular formula is C20H19BrO3. The third-order valence-corrected chi connectivity index (χ3v) is 4.31. The second-order valence-electron chi connectivity index (χ2n) is 5.69. The van der Waals surface area contributed by atoms with E-state index < -0.39 is 0 Å². The minimum absolute atomic E-state index is 0.0320. The number of carbonyl (C=O) groups is 1. The van der Waals surface area contributed by atoms with Crippen molar-refractivity contribution < 1.29 is 14.3 Å². The summed E-state index contributed by atoms with van der Waals surface area (Å²) in [5, 5.41) is 0. The van der Waals surface area contributed by atoms with Crippen LogP contribution in [0.1, 0.15) is 35.2 Å². The number of hydrogen-bond acceptors (Lipinski definition) is 3. The number of hydrogen-bond donors (Lipinski definition) is 0. The number of ketones is 1. The van der Waals surface area contributed by atoms with Crippen LogP contribution in [0.5, 0.6) is 5.75 Å². The van der Waals surface area contributed by atoms with Crippen LogP contribution in [0, 0.1) is 0 Å². The summed E-state index contributed by atoms with van der Waals surface area (Å²) < 4.78 is 12.3. The highest BCUT2D eigenvalue weighted by Gasteiger charge is 2.15. The molecule has 1 atom stereocenters. The first-order valence-electron chi connectivity index (χ1n) is 8.07. The molecule has 0 amide bonds. The summed E-state index contributed by atoms with van der Waals surface area (Å²) in [7, 11) is 0. The lowest BCUT2D eigenvalue weighted by molar-refractivity contribution is -0.105. The van der Waals surface area contributed by atoms with E-state index in [2.05, 4.69) is 15.9 Å². The maximum Gasteiger partial charge on any atom is 0.199 e. The molecule has 124 valence electrons. The maximum atomic E-state index is 12.2. The van der Waals surface area contributed by atoms with Crippen LogP contribution < -0.4 is 4.74 Å². The van der Waals surface area contributed by atoms with Crippen LogP contribution in [-0.4, -0.2) is 18.7 Å². The summed E-state index contributed by atoms with van der Waals surface area (Å²) >= 11 is 3.42. The summed E-state index contributed by atoms with van der Waals surface area (Å²) in [4.78, 5) is 12.2. The second-order valence-corrected chi connectivity index (χ2v) is 6.61. The number of benzene rings is 2. The van der Waals surface area contributed by atoms with Crippen molar-refractivity contribution in [2.75, 3.05) is 6.61 Å². The van der Waals surface area contributed by atoms with Crippen LogP contribution in [0.2, 0.25) is 0 Å². The molecule has 1 unspecified atom stereocenters. The predicted molar refractivity (Wildman–Crippen MR) is 98.2 cm³/mol. The number of allylic oxidation sites excluding steroid dienone is 1. The van der Waals surface area contributed by atoms with E-state index in [1.165, 1.54) is 0 Å². The summed E-state index contributed by atoms with van der Waals surface area (Å²) in [6, 6.07) is 15.0. The molecule has 1 aliphatic heterocycles. The summed E-state index contributed by atoms with van der Waals surface area (Å²) in [6.07, 6.45) is 6.36. The van der Waals surface area contributed by atoms with Gasteiger partial charge in [-0.15, -0.1) is 0 Å². The molecular weight excluding hydrogens is 368 g/mol. The highest BCUT2D eigenvalue weighted by atomic mass is 79.9. The van der Waals surface area contributed by atoms with Crippen molar-refractivity contribution in [2.45, 2.75) is 25.6 Å². The first-order chi connectivity index (χ1) is 11.7. The zero-order valence-electron chi connectivity index (χ0n) is 13.3. The molecule has 4 heteroatoms. The molecule has 3 rings (SSSR count). The average Bonchev–Trinajstić information content (AvgIpc) is 2.61. The zero-order chi connectivity index (χ0) is 16.8. The molecule has 2 aromatic rings. The fraction of sp³-hybridized carbons (Fsp3) is 0.250. The van der Waals surface area contributed by atoms with Crippen LogP contribution in [0.25, 0.3) is 6.08 Å². The number of halogens is 1. The molecule has 0 spiro atoms. The fourth-order valence-corrected chi connectivity index (χ4v) is 2.95. The van der Waals surface area contributed by atoms with Crippen molar-refractivity contribution in [1.29, 1.82) is 0 Å². The Labute approximate surface area is 150 Å². The van der Waals surface area contributed by atoms with E-state index in [9.17, 15) is 4.79 Å². The van der Waals surface area contributed by atoms with Crippen molar-refractivity contribution >= 4 is 27.8 Å². The van der Waals surface area contributed by atoms with Crippen LogP contribution >= 0.6 is 15.9 Å². The van der Waals surface area contributed by atoms with Crippen LogP contribution in [-0.2, 0) is 4.74 Å². The molecule has 24 heavy (non-hydrogen) atoms. The monoisotopic (exact) mass is 386 g/mol. The van der Waals surface area contributed by atoms with E-state index in [1.807, 2.05) is 42.5 Å². The third-order valence-electron chi connectivity index (χ3n) is 3.82. The lowest BCUT2D eigenvalue weighted by atomic mass is 10.1. The van der Waals surface area contributed by atoms with E-state index >= 15 is 0 Å². The van der Waals surface area contributed by atoms with Crippen LogP contribution in [0.4, 0.5) is 0 Å². The van der Waals surface area contributed by atoms with Crippen LogP contribution in [0.15, 0.2) is 59.1 Å². The van der Waals surface area contributed by atoms with E-state index in [4.69, 9.17) is 9.47 Å². The molecule has 1 fully saturated rings. The van der Waals surface area contributed by atoms with Crippen molar-refractivity contribution in [3.8, 4) is 5.75 Å². The lowest BCUT2D eigenvalue weighted by Crippen LogP contribution is -2.24. The molecule has 0 bridgehead atoms. The Kier molecular flexibility index (Phi) is 5.83. The first-order valence-corrected chi connectivity index (χ1v) is 8.86. The van der Waals surface area contributed by atoms with Gasteiger partial charge in [0.05, 0.1) is 6.61 Å². The van der Waals surface area contributed by atoms with Crippen molar-refractivity contribution in [3.63, 3.8) is 0 Å². The maximum absolute atomic E-state index is 12.2. The molecule has 0 N–H and O–H groups in total. The van der Waals surface area contributed by atoms with Crippen LogP contribution in [0.3, 0.4) is 0 Å². The highest BCUT2D eigenvalue weighted by Crippen LogP contribution is 2.20. The Balaban J connectivity index is 1.61. The Morgan fingerprint density at radius 3 is 2.71 bits per heavy atom. The van der Waals surface area contributed by atoms with Gasteiger partial charge in [0.1, 0.15) is 5.75 Å². The summed E-state index contributed by atoms with van der Waals surface area (Å²) in [5.74, 6) is 0.699. The zero-order valence-corrected chi connectivity index (χ0v) is 14.9. The van der Waals surface area contributed by atoms with Gasteiger partial charge in [-0.25, -0.2) is 0 Å². The van der Waals surface area contributed by atoms with Gasteiger partial charge in [0, 0.05) is 16.5 Å². The van der Waals surface area contributed by atoms with Gasteiger partial charge in [-0.3, -0.25) is 4.79 Å². The molecule has 1 saturated heterocycles. The lowest BCUT2D eigenvalue weighted by Gasteiger charge is -2.23. The summed E-state index contributed by atoms with van der Waals surface area (Å²) in [5.41, 5.74) is 1.62. The van der Waals surface area contributed by atoms with E-state index in [0.717, 1.165) is 41.7 Å². The standard InChI is InChI=1S/C20H19BrO3/c21-17-5-3-4-15(14-17)7-12-19(22)16-8-10-18(11-9-16)24-20-6-1-2-13-23-20/h3-5,7-12,14,20H,1-2,6,13H2/b12-7+. The van der Waals surface area contributed by atoms with Gasteiger partial charge in [0.25, 0.3) is 0 Å². The molecule has 0 aromatic heterocycles. The fourth-order valence-electron chi connectivity index (χ4n) is 2.53. The molecule has 0 saturated carbocycles. The molecule has 3 nitrogen and oxygen atoms in total. The van der Waals surface area contributed by atoms with Gasteiger partial charge in [0.15, 0.2) is 12.1 Å². The number of rotatable bonds is 5. The average molecular weight is 387 g/mol. The van der Waals surface area contributed by atoms with Gasteiger partial charge in [-0.1, -0.05) is 34.1 Å². The quantitative estimate of drug-likeness (QED) is 0.519. The van der Waals surface area contributed by atoms with Gasteiger partial charge in [-0.05, 0) is 60.9 Å². The van der Waals surface area contributed by atoms with Gasteiger partial charge in [0.2, 0.25) is 0 Å². The molecule has 0 radical (unpaired) electrons. The molecule has 1 aliphatic rings. The van der Waals surface area contributed by atoms with Gasteiger partial charge < -0.3 is 9.47 Å². The minimum atomic E-state index is -0.170. The molecule has 0 aliphatic carbocycles. The Morgan fingerprint density at radius 2 is 2.00 bits per heavy atom. The Bertz CT molecular complexity index is 716. The van der Waals surface area contributed by atoms with E-state index in [-0.39, 0.29) is 12.1 Å². The topological polar surface area (TPSA) is 35.5 Å². The normalized spacial score (nSPS) is 17.8. The highest BCUT2D eigenvalue weighted by molar-refractivity contribution is 9.10. The van der Waals surface area contributed by atoms with E-state index in [1.54, 1.807) is 18.2 Å². The Hall–Kier alpha value is -1.91. The largest absolute Gasteiger partial charge is 0.465 e. The third kappa shape index (κ3) is 4.79. The molecule has 2 aromatic carbocycles. The molecule has 1 heterocycles. The second kappa shape index (κ2) is 8.27. The smallest absolute Gasteiger partial charge is 0.199 e. The predicted octanol–water partition coefficient (Wildman–Crippen LogP) is 5.25. The SMILES string of the molecule is O=C(/C=C/c1cccc(Br)c1)c1ccc(OC2CCCCO2)cc1. The van der Waals surface area contributed by atoms with E-state index in [0.29, 0.717) is 5.56 Å². The number of carbonyl (C=O) groups excluding carboxylic acids is 1. The van der Waals surface area contributed by atoms with Crippen molar-refractivity contribution in [3.05, 3.63) is 70.2 Å². The Morgan fingerprint density at radius 1 is 1.17 bits per heavy atom. The summed E-state index contributed by atoms with van der Waals surface area (Å²) in [6.45, 7) is 0.752. The first kappa shape index (κ1) is 16.9. The van der Waals surface area contributed by atoms with Gasteiger partial charge >= 0.3 is 0 Å². The van der Waals surface area contributed by atoms with Crippen molar-refractivity contribution in [2.24, 2.45) is 0 Å². The number of ether oxygens (including phenoxy) is 2. The van der Waals surface area contributed by atoms with Crippen molar-refractivity contribution in [1.82, 2.24) is 0 Å².